The van der Waals surface area contributed by atoms with E-state index in [0.717, 1.165) is 42.1 Å². The number of hydrogen-bond donors (Lipinski definition) is 2. The summed E-state index contributed by atoms with van der Waals surface area (Å²) in [5.41, 5.74) is 1.03. The molecule has 2 fully saturated rings. The van der Waals surface area contributed by atoms with Gasteiger partial charge in [0, 0.05) is 36.7 Å². The summed E-state index contributed by atoms with van der Waals surface area (Å²) in [5.74, 6) is -1.98. The minimum absolute atomic E-state index is 0.0418. The molecule has 1 aromatic heterocycles. The number of benzene rings is 1. The van der Waals surface area contributed by atoms with E-state index in [1.54, 1.807) is 17.6 Å². The number of carbonyl (C=O) groups is 5. The highest BCUT2D eigenvalue weighted by Gasteiger charge is 2.52. The van der Waals surface area contributed by atoms with E-state index >= 15 is 0 Å². The molecule has 4 bridgehead atoms. The maximum Gasteiger partial charge on any atom is 0.407 e. The summed E-state index contributed by atoms with van der Waals surface area (Å²) >= 11 is 0. The second-order valence-electron chi connectivity index (χ2n) is 13.2. The number of esters is 1. The molecule has 11 nitrogen and oxygen atoms in total. The van der Waals surface area contributed by atoms with Crippen LogP contribution in [0.3, 0.4) is 0 Å². The molecular weight excluding hydrogens is 564 g/mol. The Morgan fingerprint density at radius 1 is 1.16 bits per heavy atom. The third-order valence-electron chi connectivity index (χ3n) is 9.47. The third kappa shape index (κ3) is 6.09. The van der Waals surface area contributed by atoms with Gasteiger partial charge in [-0.25, -0.2) is 9.59 Å². The van der Waals surface area contributed by atoms with E-state index in [9.17, 15) is 24.0 Å². The highest BCUT2D eigenvalue weighted by molar-refractivity contribution is 6.01. The molecule has 0 unspecified atom stereocenters. The molecule has 0 spiro atoms. The maximum absolute atomic E-state index is 13.6. The van der Waals surface area contributed by atoms with Crippen LogP contribution in [0.1, 0.15) is 68.9 Å². The topological polar surface area (TPSA) is 136 Å². The van der Waals surface area contributed by atoms with Gasteiger partial charge in [0.25, 0.3) is 0 Å². The standard InChI is InChI=1S/C33H42N4O7/c1-6-21-14-27(38)33(21,4)35-29(40)25-15-22-18-37(25)28(39)17-34-31(42)43-19-32(2,3)13-8-7-10-20-11-9-12-24-23(20)16-26(36(24)5)30(41)44-22/h6,9,11-12,16,21-22,25H,1,7-8,10,13-15,17-19H2,2-5H3,(H,34,42)(H,35,40)/t21-,22-,25+,33-/m1/s1. The van der Waals surface area contributed by atoms with Crippen LogP contribution >= 0.6 is 0 Å². The van der Waals surface area contributed by atoms with Crippen molar-refractivity contribution in [3.8, 4) is 0 Å². The molecule has 3 amide bonds. The normalized spacial score (nSPS) is 28.1. The summed E-state index contributed by atoms with van der Waals surface area (Å²) < 4.78 is 13.1. The first-order valence-electron chi connectivity index (χ1n) is 15.3. The van der Waals surface area contributed by atoms with Crippen molar-refractivity contribution in [1.29, 1.82) is 0 Å². The number of carbonyl (C=O) groups excluding carboxylic acids is 5. The summed E-state index contributed by atoms with van der Waals surface area (Å²) in [5, 5.41) is 6.29. The summed E-state index contributed by atoms with van der Waals surface area (Å²) in [6, 6.07) is 6.84. The lowest BCUT2D eigenvalue weighted by Crippen LogP contribution is -2.66. The highest BCUT2D eigenvalue weighted by Crippen LogP contribution is 2.36. The van der Waals surface area contributed by atoms with Gasteiger partial charge in [-0.05, 0) is 49.3 Å². The second-order valence-corrected chi connectivity index (χ2v) is 13.2. The van der Waals surface area contributed by atoms with E-state index in [4.69, 9.17) is 9.47 Å². The number of alkyl carbamates (subject to hydrolysis) is 1. The molecule has 11 heteroatoms. The molecule has 2 aromatic rings. The van der Waals surface area contributed by atoms with Crippen molar-refractivity contribution in [2.75, 3.05) is 19.7 Å². The Bertz CT molecular complexity index is 1510. The van der Waals surface area contributed by atoms with Gasteiger partial charge in [-0.2, -0.15) is 0 Å². The fourth-order valence-corrected chi connectivity index (χ4v) is 6.52. The predicted molar refractivity (Wildman–Crippen MR) is 163 cm³/mol. The van der Waals surface area contributed by atoms with Crippen LogP contribution in [0.2, 0.25) is 0 Å². The fourth-order valence-electron chi connectivity index (χ4n) is 6.52. The number of aryl methyl sites for hydroxylation is 2. The average Bonchev–Trinajstić information content (AvgIpc) is 3.57. The Labute approximate surface area is 257 Å². The van der Waals surface area contributed by atoms with Gasteiger partial charge >= 0.3 is 12.1 Å². The lowest BCUT2D eigenvalue weighted by Gasteiger charge is -2.45. The lowest BCUT2D eigenvalue weighted by atomic mass is 9.66. The number of fused-ring (bicyclic) bond motifs is 3. The van der Waals surface area contributed by atoms with E-state index < -0.39 is 48.1 Å². The molecule has 1 aliphatic carbocycles. The molecule has 2 aliphatic heterocycles. The monoisotopic (exact) mass is 606 g/mol. The van der Waals surface area contributed by atoms with Crippen molar-refractivity contribution in [3.63, 3.8) is 0 Å². The van der Waals surface area contributed by atoms with Crippen LogP contribution in [-0.2, 0) is 37.3 Å². The number of hydrogen-bond acceptors (Lipinski definition) is 7. The zero-order chi connectivity index (χ0) is 31.8. The number of Topliss-reactive ketones (excluding diaryl/α,β-unsaturated/α-hetero) is 1. The Morgan fingerprint density at radius 3 is 2.66 bits per heavy atom. The molecule has 3 aliphatic rings. The van der Waals surface area contributed by atoms with Crippen molar-refractivity contribution in [2.24, 2.45) is 18.4 Å². The van der Waals surface area contributed by atoms with E-state index in [-0.39, 0.29) is 43.1 Å². The Hall–Kier alpha value is -4.15. The van der Waals surface area contributed by atoms with Gasteiger partial charge in [-0.3, -0.25) is 14.4 Å². The molecule has 236 valence electrons. The van der Waals surface area contributed by atoms with Crippen molar-refractivity contribution in [1.82, 2.24) is 20.1 Å². The van der Waals surface area contributed by atoms with Gasteiger partial charge < -0.3 is 29.6 Å². The quantitative estimate of drug-likeness (QED) is 0.404. The number of nitrogens with zero attached hydrogens (tertiary/aromatic N) is 2. The number of amides is 3. The number of rotatable bonds is 3. The van der Waals surface area contributed by atoms with Gasteiger partial charge in [0.05, 0.1) is 13.2 Å². The van der Waals surface area contributed by atoms with Crippen LogP contribution < -0.4 is 10.6 Å². The number of ketones is 1. The average molecular weight is 607 g/mol. The number of aromatic nitrogens is 1. The van der Waals surface area contributed by atoms with Crippen LogP contribution in [0, 0.1) is 11.3 Å². The molecular formula is C33H42N4O7. The van der Waals surface area contributed by atoms with Gasteiger partial charge in [0.15, 0.2) is 5.78 Å². The first-order chi connectivity index (χ1) is 20.8. The molecule has 1 saturated heterocycles. The minimum atomic E-state index is -1.12. The number of nitrogens with one attached hydrogen (secondary N) is 2. The van der Waals surface area contributed by atoms with Gasteiger partial charge in [-0.1, -0.05) is 38.5 Å². The molecule has 3 heterocycles. The van der Waals surface area contributed by atoms with Crippen molar-refractivity contribution in [2.45, 2.75) is 77.0 Å². The Kier molecular flexibility index (Phi) is 8.59. The largest absolute Gasteiger partial charge is 0.456 e. The van der Waals surface area contributed by atoms with Crippen LogP contribution in [0.4, 0.5) is 4.79 Å². The lowest BCUT2D eigenvalue weighted by molar-refractivity contribution is -0.144. The van der Waals surface area contributed by atoms with Crippen LogP contribution in [-0.4, -0.2) is 76.5 Å². The smallest absolute Gasteiger partial charge is 0.407 e. The third-order valence-corrected chi connectivity index (χ3v) is 9.47. The first kappa shape index (κ1) is 31.3. The van der Waals surface area contributed by atoms with E-state index in [0.29, 0.717) is 5.69 Å². The van der Waals surface area contributed by atoms with Crippen LogP contribution in [0.5, 0.6) is 0 Å². The number of cyclic esters (lactones) is 1. The fraction of sp³-hybridized carbons (Fsp3) is 0.545. The minimum Gasteiger partial charge on any atom is -0.456 e. The summed E-state index contributed by atoms with van der Waals surface area (Å²) in [6.07, 6.45) is 3.97. The van der Waals surface area contributed by atoms with E-state index in [1.165, 1.54) is 4.90 Å². The summed E-state index contributed by atoms with van der Waals surface area (Å²) in [4.78, 5) is 66.7. The summed E-state index contributed by atoms with van der Waals surface area (Å²) in [6.45, 7) is 9.22. The van der Waals surface area contributed by atoms with Gasteiger partial charge in [0.1, 0.15) is 29.9 Å². The Balaban J connectivity index is 1.42. The molecule has 2 N–H and O–H groups in total. The second kappa shape index (κ2) is 12.1. The Morgan fingerprint density at radius 2 is 1.93 bits per heavy atom. The molecule has 44 heavy (non-hydrogen) atoms. The maximum atomic E-state index is 13.6. The highest BCUT2D eigenvalue weighted by atomic mass is 16.6. The number of ether oxygens (including phenoxy) is 2. The van der Waals surface area contributed by atoms with Crippen molar-refractivity contribution < 1.29 is 33.4 Å². The van der Waals surface area contributed by atoms with Crippen LogP contribution in [0.25, 0.3) is 10.9 Å². The van der Waals surface area contributed by atoms with Gasteiger partial charge in [0.2, 0.25) is 11.8 Å². The van der Waals surface area contributed by atoms with E-state index in [2.05, 4.69) is 23.3 Å². The zero-order valence-corrected chi connectivity index (χ0v) is 25.9. The predicted octanol–water partition coefficient (Wildman–Crippen LogP) is 3.43. The SMILES string of the molecule is C=C[C@@H]1CC(=O)[C@]1(C)NC(=O)[C@@H]1C[C@@H]2CN1C(=O)CNC(=O)OCC(C)(C)CCCCc1cccc3c1cc(n3C)C(=O)O2. The van der Waals surface area contributed by atoms with E-state index in [1.807, 2.05) is 39.1 Å². The van der Waals surface area contributed by atoms with Crippen LogP contribution in [0.15, 0.2) is 36.9 Å². The van der Waals surface area contributed by atoms with Gasteiger partial charge in [-0.15, -0.1) is 6.58 Å². The molecule has 4 atom stereocenters. The zero-order valence-electron chi connectivity index (χ0n) is 25.9. The molecule has 1 aromatic carbocycles. The first-order valence-corrected chi connectivity index (χ1v) is 15.3. The summed E-state index contributed by atoms with van der Waals surface area (Å²) in [7, 11) is 1.82. The van der Waals surface area contributed by atoms with Crippen molar-refractivity contribution >= 4 is 40.6 Å². The molecule has 1 saturated carbocycles. The van der Waals surface area contributed by atoms with Crippen molar-refractivity contribution in [3.05, 3.63) is 48.2 Å². The molecule has 5 rings (SSSR count). The molecule has 0 radical (unpaired) electrons.